The number of hydrogen-bond donors (Lipinski definition) is 0. The SMILES string of the molecule is c1ccc2c(c1)ccc1c3cc(-c4ccncc4)ccc3c3ccccc3c3ccc(-c4ccncc4)cc3c3ccccc3c21. The number of pyridine rings is 2. The number of rotatable bonds is 2. The van der Waals surface area contributed by atoms with Crippen LogP contribution < -0.4 is 0 Å². The fourth-order valence-corrected chi connectivity index (χ4v) is 7.13. The predicted molar refractivity (Wildman–Crippen MR) is 196 cm³/mol. The van der Waals surface area contributed by atoms with Gasteiger partial charge in [0.2, 0.25) is 0 Å². The van der Waals surface area contributed by atoms with Gasteiger partial charge in [-0.25, -0.2) is 0 Å². The van der Waals surface area contributed by atoms with Crippen molar-refractivity contribution in [1.82, 2.24) is 9.97 Å². The highest BCUT2D eigenvalue weighted by molar-refractivity contribution is 6.30. The molecule has 0 spiro atoms. The Morgan fingerprint density at radius 3 is 1.22 bits per heavy atom. The van der Waals surface area contributed by atoms with Gasteiger partial charge in [-0.3, -0.25) is 9.97 Å². The smallest absolute Gasteiger partial charge is 0.0273 e. The van der Waals surface area contributed by atoms with Gasteiger partial charge in [-0.15, -0.1) is 0 Å². The molecule has 9 aromatic rings. The average molecular weight is 585 g/mol. The monoisotopic (exact) mass is 584 g/mol. The Morgan fingerprint density at radius 1 is 0.261 bits per heavy atom. The third-order valence-corrected chi connectivity index (χ3v) is 9.28. The number of nitrogens with zero attached hydrogens (tertiary/aromatic N) is 2. The minimum Gasteiger partial charge on any atom is -0.265 e. The molecule has 0 unspecified atom stereocenters. The van der Waals surface area contributed by atoms with Crippen molar-refractivity contribution in [3.05, 3.63) is 170 Å². The van der Waals surface area contributed by atoms with Crippen LogP contribution in [0, 0.1) is 0 Å². The first kappa shape index (κ1) is 26.3. The molecule has 214 valence electrons. The molecule has 9 rings (SSSR count). The lowest BCUT2D eigenvalue weighted by Gasteiger charge is -2.13. The number of benzene rings is 6. The van der Waals surface area contributed by atoms with Gasteiger partial charge in [0.05, 0.1) is 0 Å². The van der Waals surface area contributed by atoms with Crippen molar-refractivity contribution in [2.45, 2.75) is 0 Å². The van der Waals surface area contributed by atoms with E-state index in [1.54, 1.807) is 0 Å². The van der Waals surface area contributed by atoms with Crippen molar-refractivity contribution in [2.24, 2.45) is 0 Å². The Balaban J connectivity index is 1.61. The number of fused-ring (bicyclic) bond motifs is 12. The molecule has 0 aliphatic heterocycles. The molecule has 0 radical (unpaired) electrons. The second-order valence-electron chi connectivity index (χ2n) is 11.8. The maximum atomic E-state index is 4.28. The van der Waals surface area contributed by atoms with E-state index < -0.39 is 0 Å². The molecule has 2 heteroatoms. The highest BCUT2D eigenvalue weighted by atomic mass is 14.6. The Morgan fingerprint density at radius 2 is 0.652 bits per heavy atom. The van der Waals surface area contributed by atoms with Crippen molar-refractivity contribution >= 4 is 64.6 Å². The lowest BCUT2D eigenvalue weighted by Crippen LogP contribution is -1.86. The third kappa shape index (κ3) is 4.27. The third-order valence-electron chi connectivity index (χ3n) is 9.28. The van der Waals surface area contributed by atoms with Gasteiger partial charge in [0, 0.05) is 24.8 Å². The minimum absolute atomic E-state index is 1.15. The van der Waals surface area contributed by atoms with E-state index in [4.69, 9.17) is 0 Å². The topological polar surface area (TPSA) is 25.8 Å². The number of hydrogen-bond acceptors (Lipinski definition) is 2. The lowest BCUT2D eigenvalue weighted by atomic mass is 9.90. The standard InChI is InChI=1S/C44H28N2/c1-2-8-34-31(7-1)13-18-41-43-28-33(30-21-25-46-26-22-30)15-17-39(43)36-10-4-3-9-35(36)38-16-14-32(29-19-23-45-24-20-29)27-42(38)37-11-5-6-12-40(37)44(34)41/h1-28H. The maximum Gasteiger partial charge on any atom is 0.0273 e. The van der Waals surface area contributed by atoms with Crippen LogP contribution >= 0.6 is 0 Å². The summed E-state index contributed by atoms with van der Waals surface area (Å²) in [6.45, 7) is 0. The molecule has 0 atom stereocenters. The first-order valence-electron chi connectivity index (χ1n) is 15.6. The molecule has 0 N–H and O–H groups in total. The van der Waals surface area contributed by atoms with Gasteiger partial charge in [0.1, 0.15) is 0 Å². The molecular formula is C44H28N2. The second kappa shape index (κ2) is 10.8. The summed E-state index contributed by atoms with van der Waals surface area (Å²) in [5, 5.41) is 14.7. The van der Waals surface area contributed by atoms with E-state index in [1.165, 1.54) is 75.8 Å². The fraction of sp³-hybridized carbons (Fsp3) is 0. The zero-order valence-corrected chi connectivity index (χ0v) is 25.1. The number of aromatic nitrogens is 2. The van der Waals surface area contributed by atoms with Gasteiger partial charge in [0.15, 0.2) is 0 Å². The van der Waals surface area contributed by atoms with Crippen LogP contribution in [0.4, 0.5) is 0 Å². The molecule has 0 aliphatic carbocycles. The van der Waals surface area contributed by atoms with Crippen LogP contribution in [0.5, 0.6) is 0 Å². The largest absolute Gasteiger partial charge is 0.265 e. The van der Waals surface area contributed by atoms with E-state index in [0.717, 1.165) is 11.1 Å². The van der Waals surface area contributed by atoms with Crippen LogP contribution in [0.15, 0.2) is 170 Å². The maximum absolute atomic E-state index is 4.28. The van der Waals surface area contributed by atoms with Crippen LogP contribution in [-0.4, -0.2) is 9.97 Å². The van der Waals surface area contributed by atoms with Crippen molar-refractivity contribution in [3.8, 4) is 22.3 Å². The van der Waals surface area contributed by atoms with E-state index in [-0.39, 0.29) is 0 Å². The molecule has 2 heterocycles. The van der Waals surface area contributed by atoms with Crippen LogP contribution in [0.25, 0.3) is 86.9 Å². The summed E-state index contributed by atoms with van der Waals surface area (Å²) in [6.07, 6.45) is 7.46. The molecule has 0 amide bonds. The Kier molecular flexibility index (Phi) is 6.17. The molecule has 0 saturated heterocycles. The van der Waals surface area contributed by atoms with Crippen molar-refractivity contribution in [3.63, 3.8) is 0 Å². The van der Waals surface area contributed by atoms with E-state index in [1.807, 2.05) is 24.8 Å². The summed E-state index contributed by atoms with van der Waals surface area (Å²) >= 11 is 0. The van der Waals surface area contributed by atoms with Crippen LogP contribution in [-0.2, 0) is 0 Å². The van der Waals surface area contributed by atoms with Crippen LogP contribution in [0.2, 0.25) is 0 Å². The predicted octanol–water partition coefficient (Wildman–Crippen LogP) is 11.9. The first-order chi connectivity index (χ1) is 22.8. The normalized spacial score (nSPS) is 11.5. The van der Waals surface area contributed by atoms with Gasteiger partial charge >= 0.3 is 0 Å². The van der Waals surface area contributed by atoms with Gasteiger partial charge in [-0.1, -0.05) is 109 Å². The summed E-state index contributed by atoms with van der Waals surface area (Å²) in [5.74, 6) is 0. The van der Waals surface area contributed by atoms with Crippen LogP contribution in [0.3, 0.4) is 0 Å². The summed E-state index contributed by atoms with van der Waals surface area (Å²) < 4.78 is 0. The van der Waals surface area contributed by atoms with E-state index in [0.29, 0.717) is 0 Å². The second-order valence-corrected chi connectivity index (χ2v) is 11.8. The fourth-order valence-electron chi connectivity index (χ4n) is 7.13. The summed E-state index contributed by atoms with van der Waals surface area (Å²) in [5.41, 5.74) is 4.65. The molecule has 2 nitrogen and oxygen atoms in total. The van der Waals surface area contributed by atoms with E-state index in [9.17, 15) is 0 Å². The van der Waals surface area contributed by atoms with Gasteiger partial charge < -0.3 is 0 Å². The molecule has 2 aromatic heterocycles. The molecule has 0 aliphatic rings. The first-order valence-corrected chi connectivity index (χ1v) is 15.6. The minimum atomic E-state index is 1.15. The highest BCUT2D eigenvalue weighted by Crippen LogP contribution is 2.40. The summed E-state index contributed by atoms with van der Waals surface area (Å²) in [7, 11) is 0. The molecule has 0 fully saturated rings. The zero-order valence-electron chi connectivity index (χ0n) is 25.1. The van der Waals surface area contributed by atoms with Crippen molar-refractivity contribution in [1.29, 1.82) is 0 Å². The van der Waals surface area contributed by atoms with Gasteiger partial charge in [-0.05, 0) is 123 Å². The van der Waals surface area contributed by atoms with E-state index in [2.05, 4.69) is 156 Å². The summed E-state index contributed by atoms with van der Waals surface area (Å²) in [6, 6.07) is 53.3. The average Bonchev–Trinajstić information content (AvgIpc) is 3.14. The molecular weight excluding hydrogens is 556 g/mol. The highest BCUT2D eigenvalue weighted by Gasteiger charge is 2.12. The lowest BCUT2D eigenvalue weighted by molar-refractivity contribution is 1.33. The van der Waals surface area contributed by atoms with E-state index >= 15 is 0 Å². The summed E-state index contributed by atoms with van der Waals surface area (Å²) in [4.78, 5) is 8.55. The molecule has 0 bridgehead atoms. The molecule has 0 saturated carbocycles. The van der Waals surface area contributed by atoms with Crippen molar-refractivity contribution in [2.75, 3.05) is 0 Å². The Labute approximate surface area is 266 Å². The molecule has 46 heavy (non-hydrogen) atoms. The quantitative estimate of drug-likeness (QED) is 0.202. The Hall–Kier alpha value is -6.12. The zero-order chi connectivity index (χ0) is 30.5. The molecule has 7 aromatic carbocycles. The van der Waals surface area contributed by atoms with Gasteiger partial charge in [-0.2, -0.15) is 0 Å². The van der Waals surface area contributed by atoms with Crippen molar-refractivity contribution < 1.29 is 0 Å². The van der Waals surface area contributed by atoms with Gasteiger partial charge in [0.25, 0.3) is 0 Å². The van der Waals surface area contributed by atoms with Crippen LogP contribution in [0.1, 0.15) is 0 Å². The Bertz CT molecular complexity index is 2680.